The van der Waals surface area contributed by atoms with E-state index in [1.54, 1.807) is 34.2 Å². The summed E-state index contributed by atoms with van der Waals surface area (Å²) >= 11 is 1.51. The molecular weight excluding hydrogens is 346 g/mol. The number of thiazole rings is 1. The number of hydrogen-bond donors (Lipinski definition) is 0. The summed E-state index contributed by atoms with van der Waals surface area (Å²) in [5.41, 5.74) is 2.39. The van der Waals surface area contributed by atoms with Crippen molar-refractivity contribution < 1.29 is 4.79 Å². The van der Waals surface area contributed by atoms with E-state index in [4.69, 9.17) is 0 Å². The fourth-order valence-corrected chi connectivity index (χ4v) is 3.74. The first-order chi connectivity index (χ1) is 12.8. The van der Waals surface area contributed by atoms with E-state index < -0.39 is 0 Å². The van der Waals surface area contributed by atoms with Gasteiger partial charge in [0.15, 0.2) is 5.13 Å². The summed E-state index contributed by atoms with van der Waals surface area (Å²) in [6, 6.07) is 13.5. The number of hydrogen-bond acceptors (Lipinski definition) is 5. The predicted molar refractivity (Wildman–Crippen MR) is 102 cm³/mol. The van der Waals surface area contributed by atoms with Gasteiger partial charge in [-0.05, 0) is 36.8 Å². The van der Waals surface area contributed by atoms with Crippen LogP contribution in [0.3, 0.4) is 0 Å². The first kappa shape index (κ1) is 16.4. The quantitative estimate of drug-likeness (QED) is 0.542. The van der Waals surface area contributed by atoms with Crippen LogP contribution in [-0.2, 0) is 13.1 Å². The summed E-state index contributed by atoms with van der Waals surface area (Å²) < 4.78 is 2.75. The van der Waals surface area contributed by atoms with Gasteiger partial charge in [-0.3, -0.25) is 19.4 Å². The lowest BCUT2D eigenvalue weighted by molar-refractivity contribution is 0.0975. The Balaban J connectivity index is 1.77. The summed E-state index contributed by atoms with van der Waals surface area (Å²) in [5, 5.41) is 4.89. The number of carbonyl (C=O) groups is 1. The molecule has 0 spiro atoms. The van der Waals surface area contributed by atoms with Crippen molar-refractivity contribution in [3.63, 3.8) is 0 Å². The Bertz CT molecular complexity index is 1010. The van der Waals surface area contributed by atoms with E-state index >= 15 is 0 Å². The second kappa shape index (κ2) is 7.05. The highest BCUT2D eigenvalue weighted by molar-refractivity contribution is 7.22. The molecule has 6 nitrogen and oxygen atoms in total. The van der Waals surface area contributed by atoms with Gasteiger partial charge in [-0.25, -0.2) is 4.98 Å². The molecule has 0 atom stereocenters. The fraction of sp³-hybridized carbons (Fsp3) is 0.158. The van der Waals surface area contributed by atoms with E-state index in [9.17, 15) is 4.79 Å². The van der Waals surface area contributed by atoms with Crippen molar-refractivity contribution in [2.45, 2.75) is 20.0 Å². The van der Waals surface area contributed by atoms with Crippen molar-refractivity contribution in [2.75, 3.05) is 4.90 Å². The van der Waals surface area contributed by atoms with Crippen LogP contribution in [0.2, 0.25) is 0 Å². The Kier molecular flexibility index (Phi) is 4.45. The second-order valence-corrected chi connectivity index (χ2v) is 6.76. The van der Waals surface area contributed by atoms with E-state index in [-0.39, 0.29) is 5.91 Å². The molecule has 26 heavy (non-hydrogen) atoms. The highest BCUT2D eigenvalue weighted by Crippen LogP contribution is 2.30. The number of aromatic nitrogens is 4. The number of anilines is 1. The van der Waals surface area contributed by atoms with Crippen LogP contribution in [0, 0.1) is 0 Å². The zero-order valence-electron chi connectivity index (χ0n) is 14.2. The van der Waals surface area contributed by atoms with Crippen LogP contribution in [0.15, 0.2) is 61.1 Å². The van der Waals surface area contributed by atoms with E-state index in [1.807, 2.05) is 43.3 Å². The molecule has 0 unspecified atom stereocenters. The van der Waals surface area contributed by atoms with E-state index in [0.717, 1.165) is 15.8 Å². The first-order valence-corrected chi connectivity index (χ1v) is 9.16. The maximum absolute atomic E-state index is 13.3. The Morgan fingerprint density at radius 1 is 1.15 bits per heavy atom. The normalized spacial score (nSPS) is 11.0. The Morgan fingerprint density at radius 3 is 2.81 bits per heavy atom. The molecule has 0 fully saturated rings. The Labute approximate surface area is 154 Å². The molecule has 3 aromatic heterocycles. The highest BCUT2D eigenvalue weighted by atomic mass is 32.1. The van der Waals surface area contributed by atoms with Crippen LogP contribution in [0.1, 0.15) is 23.0 Å². The molecule has 4 rings (SSSR count). The Morgan fingerprint density at radius 2 is 2.04 bits per heavy atom. The molecular formula is C19H17N5OS. The maximum Gasteiger partial charge on any atom is 0.278 e. The molecule has 0 aliphatic heterocycles. The minimum absolute atomic E-state index is 0.118. The summed E-state index contributed by atoms with van der Waals surface area (Å²) in [6.45, 7) is 3.00. The van der Waals surface area contributed by atoms with Crippen LogP contribution in [0.5, 0.6) is 0 Å². The zero-order valence-corrected chi connectivity index (χ0v) is 15.1. The number of fused-ring (bicyclic) bond motifs is 1. The van der Waals surface area contributed by atoms with Crippen LogP contribution < -0.4 is 4.90 Å². The van der Waals surface area contributed by atoms with Crippen molar-refractivity contribution in [3.8, 4) is 0 Å². The largest absolute Gasteiger partial charge is 0.278 e. The van der Waals surface area contributed by atoms with Crippen LogP contribution in [0.25, 0.3) is 10.2 Å². The van der Waals surface area contributed by atoms with E-state index in [0.29, 0.717) is 23.9 Å². The average molecular weight is 363 g/mol. The van der Waals surface area contributed by atoms with Gasteiger partial charge in [-0.15, -0.1) is 0 Å². The standard InChI is InChI=1S/C19H17N5OS/c1-2-24-16(9-11-21-24)18(25)23(13-14-6-5-10-20-12-14)19-22-15-7-3-4-8-17(15)26-19/h3-12H,2,13H2,1H3. The van der Waals surface area contributed by atoms with Crippen LogP contribution >= 0.6 is 11.3 Å². The Hall–Kier alpha value is -3.06. The smallest absolute Gasteiger partial charge is 0.278 e. The molecule has 130 valence electrons. The molecule has 1 amide bonds. The van der Waals surface area contributed by atoms with Gasteiger partial charge in [0.05, 0.1) is 16.8 Å². The minimum Gasteiger partial charge on any atom is -0.278 e. The maximum atomic E-state index is 13.3. The molecule has 4 aromatic rings. The number of rotatable bonds is 5. The third-order valence-corrected chi connectivity index (χ3v) is 5.12. The molecule has 7 heteroatoms. The third-order valence-electron chi connectivity index (χ3n) is 4.06. The molecule has 0 radical (unpaired) electrons. The van der Waals surface area contributed by atoms with Crippen molar-refractivity contribution in [2.24, 2.45) is 0 Å². The third kappa shape index (κ3) is 3.09. The van der Waals surface area contributed by atoms with E-state index in [1.165, 1.54) is 11.3 Å². The fourth-order valence-electron chi connectivity index (χ4n) is 2.78. The number of nitrogens with zero attached hydrogens (tertiary/aromatic N) is 5. The lowest BCUT2D eigenvalue weighted by atomic mass is 10.2. The molecule has 3 heterocycles. The molecule has 0 bridgehead atoms. The number of carbonyl (C=O) groups excluding carboxylic acids is 1. The summed E-state index contributed by atoms with van der Waals surface area (Å²) in [6.07, 6.45) is 5.14. The molecule has 0 N–H and O–H groups in total. The molecule has 0 saturated heterocycles. The highest BCUT2D eigenvalue weighted by Gasteiger charge is 2.24. The average Bonchev–Trinajstić information content (AvgIpc) is 3.32. The lowest BCUT2D eigenvalue weighted by Gasteiger charge is -2.20. The molecule has 0 saturated carbocycles. The SMILES string of the molecule is CCn1nccc1C(=O)N(Cc1cccnc1)c1nc2ccccc2s1. The number of aryl methyl sites for hydroxylation is 1. The van der Waals surface area contributed by atoms with Gasteiger partial charge in [-0.2, -0.15) is 5.10 Å². The number of para-hydroxylation sites is 1. The van der Waals surface area contributed by atoms with Gasteiger partial charge < -0.3 is 0 Å². The van der Waals surface area contributed by atoms with E-state index in [2.05, 4.69) is 15.1 Å². The topological polar surface area (TPSA) is 63.9 Å². The van der Waals surface area contributed by atoms with Gasteiger partial charge in [0.2, 0.25) is 0 Å². The minimum atomic E-state index is -0.118. The molecule has 0 aliphatic rings. The predicted octanol–water partition coefficient (Wildman–Crippen LogP) is 3.75. The zero-order chi connectivity index (χ0) is 17.9. The van der Waals surface area contributed by atoms with Gasteiger partial charge in [0.1, 0.15) is 5.69 Å². The van der Waals surface area contributed by atoms with Crippen molar-refractivity contribution in [3.05, 3.63) is 72.3 Å². The van der Waals surface area contributed by atoms with Gasteiger partial charge >= 0.3 is 0 Å². The summed E-state index contributed by atoms with van der Waals surface area (Å²) in [5.74, 6) is -0.118. The van der Waals surface area contributed by atoms with Crippen LogP contribution in [0.4, 0.5) is 5.13 Å². The summed E-state index contributed by atoms with van der Waals surface area (Å²) in [4.78, 5) is 23.8. The van der Waals surface area contributed by atoms with Crippen molar-refractivity contribution in [1.29, 1.82) is 0 Å². The molecule has 0 aliphatic carbocycles. The first-order valence-electron chi connectivity index (χ1n) is 8.34. The van der Waals surface area contributed by atoms with Gasteiger partial charge in [0.25, 0.3) is 5.91 Å². The van der Waals surface area contributed by atoms with Gasteiger partial charge in [0, 0.05) is 25.1 Å². The molecule has 1 aromatic carbocycles. The number of pyridine rings is 1. The number of amides is 1. The second-order valence-electron chi connectivity index (χ2n) is 5.75. The monoisotopic (exact) mass is 363 g/mol. The van der Waals surface area contributed by atoms with Crippen molar-refractivity contribution in [1.82, 2.24) is 19.7 Å². The van der Waals surface area contributed by atoms with Gasteiger partial charge in [-0.1, -0.05) is 29.5 Å². The summed E-state index contributed by atoms with van der Waals surface area (Å²) in [7, 11) is 0. The number of benzene rings is 1. The van der Waals surface area contributed by atoms with Crippen molar-refractivity contribution >= 4 is 32.6 Å². The lowest BCUT2D eigenvalue weighted by Crippen LogP contribution is -2.32. The van der Waals surface area contributed by atoms with Crippen LogP contribution in [-0.4, -0.2) is 25.7 Å².